The summed E-state index contributed by atoms with van der Waals surface area (Å²) in [4.78, 5) is 6.31. The summed E-state index contributed by atoms with van der Waals surface area (Å²) >= 11 is 5.72. The second-order valence-electron chi connectivity index (χ2n) is 7.81. The van der Waals surface area contributed by atoms with E-state index in [0.29, 0.717) is 24.0 Å². The average molecular weight is 448 g/mol. The minimum atomic E-state index is -4.32. The molecule has 0 amide bonds. The third kappa shape index (κ3) is 5.04. The van der Waals surface area contributed by atoms with Gasteiger partial charge in [0, 0.05) is 37.1 Å². The Balaban J connectivity index is 1.58. The number of aromatic nitrogens is 4. The number of hydrogen-bond acceptors (Lipinski definition) is 4. The molecule has 5 nitrogen and oxygen atoms in total. The average Bonchev–Trinajstić information content (AvgIpc) is 3.55. The van der Waals surface area contributed by atoms with Crippen molar-refractivity contribution >= 4 is 12.2 Å². The Morgan fingerprint density at radius 1 is 1.10 bits per heavy atom. The number of hydrogen-bond donors (Lipinski definition) is 0. The molecular weight excluding hydrogens is 423 g/mol. The number of rotatable bonds is 8. The maximum absolute atomic E-state index is 12.9. The fourth-order valence-corrected chi connectivity index (χ4v) is 3.89. The lowest BCUT2D eigenvalue weighted by atomic mass is 10.1. The zero-order chi connectivity index (χ0) is 22.0. The Bertz CT molecular complexity index is 1070. The van der Waals surface area contributed by atoms with E-state index in [1.54, 1.807) is 24.5 Å². The zero-order valence-electron chi connectivity index (χ0n) is 17.2. The molecule has 9 heteroatoms. The predicted octanol–water partition coefficient (Wildman–Crippen LogP) is 5.53. The SMILES string of the molecule is CCCn1c(-c2ccncc2)nn(CN(Cc2ccc(C(F)(F)F)cc2)C2CC2)c1=S. The van der Waals surface area contributed by atoms with Crippen molar-refractivity contribution in [2.75, 3.05) is 0 Å². The molecular formula is C22H24F3N5S. The maximum Gasteiger partial charge on any atom is 0.416 e. The van der Waals surface area contributed by atoms with Crippen molar-refractivity contribution in [3.05, 3.63) is 64.7 Å². The van der Waals surface area contributed by atoms with Gasteiger partial charge >= 0.3 is 6.18 Å². The Labute approximate surface area is 184 Å². The van der Waals surface area contributed by atoms with Gasteiger partial charge < -0.3 is 0 Å². The lowest BCUT2D eigenvalue weighted by Crippen LogP contribution is -2.29. The van der Waals surface area contributed by atoms with Crippen LogP contribution in [-0.4, -0.2) is 30.3 Å². The molecule has 0 radical (unpaired) electrons. The first kappa shape index (κ1) is 21.7. The molecule has 0 unspecified atom stereocenters. The second-order valence-corrected chi connectivity index (χ2v) is 8.17. The van der Waals surface area contributed by atoms with Crippen LogP contribution in [0, 0.1) is 4.77 Å². The Hall–Kier alpha value is -2.52. The first-order valence-electron chi connectivity index (χ1n) is 10.3. The highest BCUT2D eigenvalue weighted by atomic mass is 32.1. The fourth-order valence-electron chi connectivity index (χ4n) is 3.61. The summed E-state index contributed by atoms with van der Waals surface area (Å²) in [5.41, 5.74) is 1.17. The molecule has 2 aromatic heterocycles. The lowest BCUT2D eigenvalue weighted by Gasteiger charge is -2.22. The summed E-state index contributed by atoms with van der Waals surface area (Å²) in [5.74, 6) is 0.805. The third-order valence-corrected chi connectivity index (χ3v) is 5.79. The second kappa shape index (κ2) is 8.92. The van der Waals surface area contributed by atoms with Crippen LogP contribution in [0.5, 0.6) is 0 Å². The van der Waals surface area contributed by atoms with E-state index in [1.807, 2.05) is 21.4 Å². The topological polar surface area (TPSA) is 38.9 Å². The molecule has 0 aliphatic heterocycles. The van der Waals surface area contributed by atoms with Gasteiger partial charge in [-0.05, 0) is 61.3 Å². The Morgan fingerprint density at radius 2 is 1.77 bits per heavy atom. The predicted molar refractivity (Wildman–Crippen MR) is 115 cm³/mol. The monoisotopic (exact) mass is 447 g/mol. The highest BCUT2D eigenvalue weighted by Crippen LogP contribution is 2.31. The highest BCUT2D eigenvalue weighted by molar-refractivity contribution is 7.71. The van der Waals surface area contributed by atoms with Crippen LogP contribution in [0.4, 0.5) is 13.2 Å². The van der Waals surface area contributed by atoms with Crippen LogP contribution in [0.2, 0.25) is 0 Å². The van der Waals surface area contributed by atoms with Crippen molar-refractivity contribution in [2.24, 2.45) is 0 Å². The number of benzene rings is 1. The molecule has 0 saturated heterocycles. The minimum Gasteiger partial charge on any atom is -0.300 e. The Kier molecular flexibility index (Phi) is 6.24. The highest BCUT2D eigenvalue weighted by Gasteiger charge is 2.32. The summed E-state index contributed by atoms with van der Waals surface area (Å²) in [6.07, 6.45) is 2.21. The molecule has 2 heterocycles. The van der Waals surface area contributed by atoms with Crippen LogP contribution in [0.1, 0.15) is 37.3 Å². The normalized spacial score (nSPS) is 14.4. The molecule has 1 saturated carbocycles. The van der Waals surface area contributed by atoms with Gasteiger partial charge in [-0.25, -0.2) is 4.68 Å². The van der Waals surface area contributed by atoms with Gasteiger partial charge in [0.2, 0.25) is 0 Å². The largest absolute Gasteiger partial charge is 0.416 e. The van der Waals surface area contributed by atoms with Crippen LogP contribution in [-0.2, 0) is 25.9 Å². The van der Waals surface area contributed by atoms with Crippen molar-refractivity contribution in [1.82, 2.24) is 24.2 Å². The molecule has 0 N–H and O–H groups in total. The van der Waals surface area contributed by atoms with Crippen molar-refractivity contribution in [2.45, 2.75) is 58.2 Å². The van der Waals surface area contributed by atoms with E-state index in [4.69, 9.17) is 17.3 Å². The summed E-state index contributed by atoms with van der Waals surface area (Å²) in [6.45, 7) is 3.91. The van der Waals surface area contributed by atoms with E-state index >= 15 is 0 Å². The van der Waals surface area contributed by atoms with Gasteiger partial charge in [-0.1, -0.05) is 19.1 Å². The number of nitrogens with zero attached hydrogens (tertiary/aromatic N) is 5. The summed E-state index contributed by atoms with van der Waals surface area (Å²) in [7, 11) is 0. The first-order chi connectivity index (χ1) is 14.9. The van der Waals surface area contributed by atoms with Crippen LogP contribution in [0.3, 0.4) is 0 Å². The van der Waals surface area contributed by atoms with Crippen LogP contribution >= 0.6 is 12.2 Å². The molecule has 3 aromatic rings. The van der Waals surface area contributed by atoms with Gasteiger partial charge in [0.25, 0.3) is 0 Å². The fraction of sp³-hybridized carbons (Fsp3) is 0.409. The molecule has 31 heavy (non-hydrogen) atoms. The van der Waals surface area contributed by atoms with E-state index in [0.717, 1.165) is 54.9 Å². The molecule has 0 atom stereocenters. The first-order valence-corrected chi connectivity index (χ1v) is 10.8. The number of alkyl halides is 3. The molecule has 4 rings (SSSR count). The molecule has 1 aromatic carbocycles. The third-order valence-electron chi connectivity index (χ3n) is 5.35. The molecule has 1 aliphatic rings. The van der Waals surface area contributed by atoms with Crippen LogP contribution in [0.15, 0.2) is 48.8 Å². The van der Waals surface area contributed by atoms with Crippen molar-refractivity contribution < 1.29 is 13.2 Å². The van der Waals surface area contributed by atoms with E-state index in [-0.39, 0.29) is 0 Å². The molecule has 1 aliphatic carbocycles. The van der Waals surface area contributed by atoms with E-state index < -0.39 is 11.7 Å². The zero-order valence-corrected chi connectivity index (χ0v) is 18.0. The number of pyridine rings is 1. The van der Waals surface area contributed by atoms with Crippen molar-refractivity contribution in [3.8, 4) is 11.4 Å². The molecule has 0 bridgehead atoms. The van der Waals surface area contributed by atoms with Gasteiger partial charge in [-0.2, -0.15) is 18.3 Å². The lowest BCUT2D eigenvalue weighted by molar-refractivity contribution is -0.137. The van der Waals surface area contributed by atoms with Crippen molar-refractivity contribution in [1.29, 1.82) is 0 Å². The molecule has 1 fully saturated rings. The van der Waals surface area contributed by atoms with Crippen LogP contribution in [0.25, 0.3) is 11.4 Å². The van der Waals surface area contributed by atoms with Gasteiger partial charge in [0.05, 0.1) is 12.2 Å². The standard InChI is InChI=1S/C22H24F3N5S/c1-2-13-29-20(17-9-11-26-12-10-17)27-30(21(29)31)15-28(19-7-8-19)14-16-3-5-18(6-4-16)22(23,24)25/h3-6,9-12,19H,2,7-8,13-15H2,1H3. The molecule has 164 valence electrons. The minimum absolute atomic E-state index is 0.393. The van der Waals surface area contributed by atoms with Gasteiger partial charge in [0.15, 0.2) is 10.6 Å². The summed E-state index contributed by atoms with van der Waals surface area (Å²) < 4.78 is 43.1. The van der Waals surface area contributed by atoms with Gasteiger partial charge in [0.1, 0.15) is 0 Å². The van der Waals surface area contributed by atoms with Gasteiger partial charge in [-0.3, -0.25) is 14.5 Å². The quantitative estimate of drug-likeness (QED) is 0.426. The summed E-state index contributed by atoms with van der Waals surface area (Å²) in [6, 6.07) is 9.60. The smallest absolute Gasteiger partial charge is 0.300 e. The van der Waals surface area contributed by atoms with Gasteiger partial charge in [-0.15, -0.1) is 0 Å². The van der Waals surface area contributed by atoms with Crippen LogP contribution < -0.4 is 0 Å². The maximum atomic E-state index is 12.9. The van der Waals surface area contributed by atoms with Crippen molar-refractivity contribution in [3.63, 3.8) is 0 Å². The van der Waals surface area contributed by atoms with E-state index in [2.05, 4.69) is 16.8 Å². The number of halogens is 3. The van der Waals surface area contributed by atoms with E-state index in [1.165, 1.54) is 0 Å². The Morgan fingerprint density at radius 3 is 2.35 bits per heavy atom. The summed E-state index contributed by atoms with van der Waals surface area (Å²) in [5, 5.41) is 4.79. The van der Waals surface area contributed by atoms with E-state index in [9.17, 15) is 13.2 Å². The molecule has 0 spiro atoms.